The monoisotopic (exact) mass is 266 g/mol. The maximum atomic E-state index is 13.3. The number of nitrogens with two attached hydrogens (primary N) is 1. The number of nitrogens with zero attached hydrogens (tertiary/aromatic N) is 1. The van der Waals surface area contributed by atoms with E-state index in [1.54, 1.807) is 4.90 Å². The number of nitrogen functional groups attached to an aromatic ring is 1. The Morgan fingerprint density at radius 1 is 1.37 bits per heavy atom. The van der Waals surface area contributed by atoms with Gasteiger partial charge in [0.15, 0.2) is 0 Å². The van der Waals surface area contributed by atoms with E-state index in [1.165, 1.54) is 18.2 Å². The molecule has 0 bridgehead atoms. The van der Waals surface area contributed by atoms with E-state index in [-0.39, 0.29) is 17.6 Å². The van der Waals surface area contributed by atoms with Crippen molar-refractivity contribution in [2.75, 3.05) is 12.3 Å². The molecular weight excluding hydrogens is 243 g/mol. The molecule has 0 heterocycles. The summed E-state index contributed by atoms with van der Waals surface area (Å²) in [4.78, 5) is 14.3. The topological polar surface area (TPSA) is 46.3 Å². The van der Waals surface area contributed by atoms with Crippen molar-refractivity contribution in [2.45, 2.75) is 46.1 Å². The van der Waals surface area contributed by atoms with Gasteiger partial charge in [-0.3, -0.25) is 4.79 Å². The van der Waals surface area contributed by atoms with Crippen LogP contribution in [-0.2, 0) is 0 Å². The summed E-state index contributed by atoms with van der Waals surface area (Å²) in [6, 6.07) is 4.15. The average molecular weight is 266 g/mol. The molecule has 0 aliphatic carbocycles. The molecule has 106 valence electrons. The second-order valence-corrected chi connectivity index (χ2v) is 4.88. The highest BCUT2D eigenvalue weighted by Crippen LogP contribution is 2.16. The Morgan fingerprint density at radius 3 is 2.58 bits per heavy atom. The lowest BCUT2D eigenvalue weighted by atomic mass is 10.1. The summed E-state index contributed by atoms with van der Waals surface area (Å²) in [5, 5.41) is 0. The molecule has 0 aliphatic heterocycles. The number of halogens is 1. The molecule has 0 saturated heterocycles. The summed E-state index contributed by atoms with van der Waals surface area (Å²) in [7, 11) is 0. The fourth-order valence-corrected chi connectivity index (χ4v) is 1.97. The standard InChI is InChI=1S/C15H23FN2O/c1-4-6-7-18(11(3)5-2)15(19)12-8-13(16)10-14(17)9-12/h8-11H,4-7,17H2,1-3H3. The number of carbonyl (C=O) groups is 1. The first-order valence-electron chi connectivity index (χ1n) is 6.86. The average Bonchev–Trinajstić information content (AvgIpc) is 2.37. The summed E-state index contributed by atoms with van der Waals surface area (Å²) in [6.45, 7) is 6.83. The first kappa shape index (κ1) is 15.5. The molecular formula is C15H23FN2O. The minimum Gasteiger partial charge on any atom is -0.399 e. The molecule has 1 unspecified atom stereocenters. The third kappa shape index (κ3) is 4.23. The summed E-state index contributed by atoms with van der Waals surface area (Å²) < 4.78 is 13.3. The molecule has 19 heavy (non-hydrogen) atoms. The van der Waals surface area contributed by atoms with Gasteiger partial charge in [-0.25, -0.2) is 4.39 Å². The van der Waals surface area contributed by atoms with Gasteiger partial charge in [-0.2, -0.15) is 0 Å². The summed E-state index contributed by atoms with van der Waals surface area (Å²) >= 11 is 0. The van der Waals surface area contributed by atoms with E-state index in [0.29, 0.717) is 12.1 Å². The highest BCUT2D eigenvalue weighted by molar-refractivity contribution is 5.95. The molecule has 1 aromatic carbocycles. The van der Waals surface area contributed by atoms with Crippen molar-refractivity contribution in [3.05, 3.63) is 29.6 Å². The number of carbonyl (C=O) groups excluding carboxylic acids is 1. The Labute approximate surface area is 114 Å². The quantitative estimate of drug-likeness (QED) is 0.802. The lowest BCUT2D eigenvalue weighted by molar-refractivity contribution is 0.0685. The second-order valence-electron chi connectivity index (χ2n) is 4.88. The summed E-state index contributed by atoms with van der Waals surface area (Å²) in [5.41, 5.74) is 6.20. The number of rotatable bonds is 6. The number of hydrogen-bond donors (Lipinski definition) is 1. The van der Waals surface area contributed by atoms with Crippen LogP contribution in [0.4, 0.5) is 10.1 Å². The zero-order valence-electron chi connectivity index (χ0n) is 11.9. The number of unbranched alkanes of at least 4 members (excludes halogenated alkanes) is 1. The summed E-state index contributed by atoms with van der Waals surface area (Å²) in [5.74, 6) is -0.614. The number of benzene rings is 1. The Morgan fingerprint density at radius 2 is 2.05 bits per heavy atom. The van der Waals surface area contributed by atoms with Crippen LogP contribution >= 0.6 is 0 Å². The zero-order valence-corrected chi connectivity index (χ0v) is 11.9. The third-order valence-corrected chi connectivity index (χ3v) is 3.30. The van der Waals surface area contributed by atoms with Gasteiger partial charge in [-0.05, 0) is 38.0 Å². The van der Waals surface area contributed by atoms with E-state index < -0.39 is 5.82 Å². The molecule has 0 radical (unpaired) electrons. The van der Waals surface area contributed by atoms with E-state index >= 15 is 0 Å². The lowest BCUT2D eigenvalue weighted by Gasteiger charge is -2.28. The smallest absolute Gasteiger partial charge is 0.254 e. The predicted molar refractivity (Wildman–Crippen MR) is 76.5 cm³/mol. The van der Waals surface area contributed by atoms with Crippen molar-refractivity contribution in [3.63, 3.8) is 0 Å². The largest absolute Gasteiger partial charge is 0.399 e. The van der Waals surface area contributed by atoms with Crippen LogP contribution in [0, 0.1) is 5.82 Å². The Hall–Kier alpha value is -1.58. The Bertz CT molecular complexity index is 414. The molecule has 0 fully saturated rings. The minimum atomic E-state index is -0.469. The van der Waals surface area contributed by atoms with Crippen molar-refractivity contribution >= 4 is 11.6 Å². The van der Waals surface area contributed by atoms with E-state index in [1.807, 2.05) is 13.8 Å². The van der Waals surface area contributed by atoms with Crippen molar-refractivity contribution in [3.8, 4) is 0 Å². The van der Waals surface area contributed by atoms with Gasteiger partial charge in [0.2, 0.25) is 0 Å². The SMILES string of the molecule is CCCCN(C(=O)c1cc(N)cc(F)c1)C(C)CC. The predicted octanol–water partition coefficient (Wildman–Crippen LogP) is 3.45. The highest BCUT2D eigenvalue weighted by Gasteiger charge is 2.20. The molecule has 0 aromatic heterocycles. The zero-order chi connectivity index (χ0) is 14.4. The normalized spacial score (nSPS) is 12.2. The highest BCUT2D eigenvalue weighted by atomic mass is 19.1. The molecule has 0 spiro atoms. The number of amides is 1. The van der Waals surface area contributed by atoms with Crippen LogP contribution in [0.5, 0.6) is 0 Å². The first-order chi connectivity index (χ1) is 8.99. The first-order valence-corrected chi connectivity index (χ1v) is 6.86. The minimum absolute atomic E-state index is 0.142. The van der Waals surface area contributed by atoms with Crippen LogP contribution in [0.2, 0.25) is 0 Å². The van der Waals surface area contributed by atoms with E-state index in [0.717, 1.165) is 19.3 Å². The van der Waals surface area contributed by atoms with Crippen LogP contribution in [0.25, 0.3) is 0 Å². The van der Waals surface area contributed by atoms with Crippen LogP contribution in [0.15, 0.2) is 18.2 Å². The fraction of sp³-hybridized carbons (Fsp3) is 0.533. The van der Waals surface area contributed by atoms with Crippen LogP contribution in [-0.4, -0.2) is 23.4 Å². The van der Waals surface area contributed by atoms with E-state index in [4.69, 9.17) is 5.73 Å². The molecule has 1 amide bonds. The van der Waals surface area contributed by atoms with Gasteiger partial charge >= 0.3 is 0 Å². The fourth-order valence-electron chi connectivity index (χ4n) is 1.97. The van der Waals surface area contributed by atoms with Crippen LogP contribution in [0.3, 0.4) is 0 Å². The Balaban J connectivity index is 2.97. The third-order valence-electron chi connectivity index (χ3n) is 3.30. The number of anilines is 1. The number of hydrogen-bond acceptors (Lipinski definition) is 2. The van der Waals surface area contributed by atoms with Gasteiger partial charge < -0.3 is 10.6 Å². The molecule has 0 aliphatic rings. The Kier molecular flexibility index (Phi) is 5.80. The van der Waals surface area contributed by atoms with Gasteiger partial charge in [-0.1, -0.05) is 20.3 Å². The molecule has 1 aromatic rings. The van der Waals surface area contributed by atoms with Crippen molar-refractivity contribution in [2.24, 2.45) is 0 Å². The second kappa shape index (κ2) is 7.12. The molecule has 2 N–H and O–H groups in total. The van der Waals surface area contributed by atoms with Crippen molar-refractivity contribution in [1.29, 1.82) is 0 Å². The van der Waals surface area contributed by atoms with Gasteiger partial charge in [0.25, 0.3) is 5.91 Å². The molecule has 3 nitrogen and oxygen atoms in total. The maximum Gasteiger partial charge on any atom is 0.254 e. The summed E-state index contributed by atoms with van der Waals surface area (Å²) in [6.07, 6.45) is 2.84. The molecule has 1 rings (SSSR count). The van der Waals surface area contributed by atoms with E-state index in [2.05, 4.69) is 6.92 Å². The molecule has 4 heteroatoms. The van der Waals surface area contributed by atoms with E-state index in [9.17, 15) is 9.18 Å². The lowest BCUT2D eigenvalue weighted by Crippen LogP contribution is -2.39. The van der Waals surface area contributed by atoms with Crippen molar-refractivity contribution < 1.29 is 9.18 Å². The van der Waals surface area contributed by atoms with Crippen molar-refractivity contribution in [1.82, 2.24) is 4.90 Å². The van der Waals surface area contributed by atoms with Crippen LogP contribution < -0.4 is 5.73 Å². The van der Waals surface area contributed by atoms with Gasteiger partial charge in [0.1, 0.15) is 5.82 Å². The molecule has 1 atom stereocenters. The maximum absolute atomic E-state index is 13.3. The van der Waals surface area contributed by atoms with Gasteiger partial charge in [0, 0.05) is 23.8 Å². The van der Waals surface area contributed by atoms with Crippen LogP contribution in [0.1, 0.15) is 50.4 Å². The van der Waals surface area contributed by atoms with Gasteiger partial charge in [-0.15, -0.1) is 0 Å². The van der Waals surface area contributed by atoms with Gasteiger partial charge in [0.05, 0.1) is 0 Å². The molecule has 0 saturated carbocycles.